The van der Waals surface area contributed by atoms with Gasteiger partial charge in [-0.15, -0.1) is 0 Å². The van der Waals surface area contributed by atoms with Crippen molar-refractivity contribution in [3.63, 3.8) is 0 Å². The summed E-state index contributed by atoms with van der Waals surface area (Å²) < 4.78 is 37.9. The van der Waals surface area contributed by atoms with Crippen LogP contribution < -0.4 is 5.73 Å². The van der Waals surface area contributed by atoms with Gasteiger partial charge in [-0.1, -0.05) is 19.9 Å². The van der Waals surface area contributed by atoms with Gasteiger partial charge in [-0.2, -0.15) is 13.2 Å². The molecule has 0 saturated heterocycles. The van der Waals surface area contributed by atoms with Gasteiger partial charge >= 0.3 is 6.18 Å². The number of benzene rings is 1. The van der Waals surface area contributed by atoms with Crippen molar-refractivity contribution in [2.24, 2.45) is 11.7 Å². The van der Waals surface area contributed by atoms with Crippen molar-refractivity contribution in [1.29, 1.82) is 0 Å². The van der Waals surface area contributed by atoms with Crippen molar-refractivity contribution in [2.75, 3.05) is 0 Å². The van der Waals surface area contributed by atoms with Crippen molar-refractivity contribution in [3.05, 3.63) is 39.4 Å². The van der Waals surface area contributed by atoms with Crippen LogP contribution in [0.1, 0.15) is 37.8 Å². The maximum absolute atomic E-state index is 12.6. The van der Waals surface area contributed by atoms with E-state index < -0.39 is 28.4 Å². The number of rotatable bonds is 4. The molecule has 7 heteroatoms. The molecule has 4 nitrogen and oxygen atoms in total. The number of nitrogens with zero attached hydrogens (tertiary/aromatic N) is 1. The highest BCUT2D eigenvalue weighted by atomic mass is 19.4. The Balaban J connectivity index is 3.44. The van der Waals surface area contributed by atoms with Gasteiger partial charge in [0.25, 0.3) is 5.69 Å². The lowest BCUT2D eigenvalue weighted by atomic mass is 9.82. The zero-order chi connectivity index (χ0) is 15.7. The van der Waals surface area contributed by atoms with Crippen LogP contribution in [0.15, 0.2) is 18.2 Å². The monoisotopic (exact) mass is 290 g/mol. The molecule has 0 bridgehead atoms. The molecule has 0 aliphatic heterocycles. The topological polar surface area (TPSA) is 69.2 Å². The van der Waals surface area contributed by atoms with E-state index in [0.29, 0.717) is 6.07 Å². The molecule has 20 heavy (non-hydrogen) atoms. The summed E-state index contributed by atoms with van der Waals surface area (Å²) in [5, 5.41) is 11.0. The van der Waals surface area contributed by atoms with Crippen LogP contribution >= 0.6 is 0 Å². The number of hydrogen-bond donors (Lipinski definition) is 1. The molecule has 0 heterocycles. The molecule has 0 radical (unpaired) electrons. The Bertz CT molecular complexity index is 491. The molecule has 112 valence electrons. The lowest BCUT2D eigenvalue weighted by molar-refractivity contribution is -0.386. The van der Waals surface area contributed by atoms with Crippen molar-refractivity contribution >= 4 is 5.69 Å². The van der Waals surface area contributed by atoms with E-state index in [0.717, 1.165) is 12.1 Å². The van der Waals surface area contributed by atoms with Crippen molar-refractivity contribution < 1.29 is 18.1 Å². The van der Waals surface area contributed by atoms with Crippen LogP contribution in [0.4, 0.5) is 18.9 Å². The second-order valence-corrected chi connectivity index (χ2v) is 5.16. The molecule has 2 atom stereocenters. The fraction of sp³-hybridized carbons (Fsp3) is 0.538. The number of alkyl halides is 3. The van der Waals surface area contributed by atoms with Gasteiger partial charge in [0.15, 0.2) is 0 Å². The maximum Gasteiger partial charge on any atom is 0.416 e. The summed E-state index contributed by atoms with van der Waals surface area (Å²) in [7, 11) is 0. The standard InChI is InChI=1S/C13H17F3N2O2/c1-7(2)12(8(3)17)10-5-4-9(13(14,15)16)6-11(10)18(19)20/h4-8,12H,17H2,1-3H3. The van der Waals surface area contributed by atoms with E-state index in [4.69, 9.17) is 5.73 Å². The van der Waals surface area contributed by atoms with Crippen LogP contribution in [-0.4, -0.2) is 11.0 Å². The van der Waals surface area contributed by atoms with Crippen LogP contribution in [0.2, 0.25) is 0 Å². The minimum atomic E-state index is -4.61. The van der Waals surface area contributed by atoms with Gasteiger partial charge in [-0.25, -0.2) is 0 Å². The maximum atomic E-state index is 12.6. The first-order valence-electron chi connectivity index (χ1n) is 6.16. The van der Waals surface area contributed by atoms with Gasteiger partial charge < -0.3 is 5.73 Å². The van der Waals surface area contributed by atoms with Crippen molar-refractivity contribution in [1.82, 2.24) is 0 Å². The largest absolute Gasteiger partial charge is 0.416 e. The number of nitrogens with two attached hydrogens (primary N) is 1. The van der Waals surface area contributed by atoms with Crippen LogP contribution in [0, 0.1) is 16.0 Å². The average Bonchev–Trinajstić information content (AvgIpc) is 2.26. The third-order valence-electron chi connectivity index (χ3n) is 3.20. The normalized spacial score (nSPS) is 15.2. The Labute approximate surface area is 114 Å². The summed E-state index contributed by atoms with van der Waals surface area (Å²) in [6.45, 7) is 5.34. The molecular formula is C13H17F3N2O2. The van der Waals surface area contributed by atoms with E-state index in [-0.39, 0.29) is 17.4 Å². The second-order valence-electron chi connectivity index (χ2n) is 5.16. The summed E-state index contributed by atoms with van der Waals surface area (Å²) in [6, 6.07) is 2.20. The predicted octanol–water partition coefficient (Wildman–Crippen LogP) is 3.70. The fourth-order valence-electron chi connectivity index (χ4n) is 2.41. The molecule has 0 spiro atoms. The first-order chi connectivity index (χ1) is 9.05. The molecule has 2 unspecified atom stereocenters. The number of hydrogen-bond acceptors (Lipinski definition) is 3. The van der Waals surface area contributed by atoms with Gasteiger partial charge in [0.05, 0.1) is 10.5 Å². The molecule has 2 N–H and O–H groups in total. The minimum absolute atomic E-state index is 0.0227. The molecule has 0 aliphatic rings. The zero-order valence-corrected chi connectivity index (χ0v) is 11.4. The number of halogens is 3. The Morgan fingerprint density at radius 3 is 2.15 bits per heavy atom. The van der Waals surface area contributed by atoms with E-state index in [1.54, 1.807) is 6.92 Å². The summed E-state index contributed by atoms with van der Waals surface area (Å²) in [6.07, 6.45) is -4.61. The summed E-state index contributed by atoms with van der Waals surface area (Å²) >= 11 is 0. The van der Waals surface area contributed by atoms with Crippen molar-refractivity contribution in [2.45, 2.75) is 38.9 Å². The Morgan fingerprint density at radius 1 is 1.25 bits per heavy atom. The second kappa shape index (κ2) is 5.78. The quantitative estimate of drug-likeness (QED) is 0.679. The van der Waals surface area contributed by atoms with Gasteiger partial charge in [-0.3, -0.25) is 10.1 Å². The summed E-state index contributed by atoms with van der Waals surface area (Å²) in [5.74, 6) is -0.400. The molecule has 1 aromatic carbocycles. The molecule has 0 saturated carbocycles. The lowest BCUT2D eigenvalue weighted by Gasteiger charge is -2.25. The molecular weight excluding hydrogens is 273 g/mol. The van der Waals surface area contributed by atoms with Crippen LogP contribution in [-0.2, 0) is 6.18 Å². The smallest absolute Gasteiger partial charge is 0.327 e. The lowest BCUT2D eigenvalue weighted by Crippen LogP contribution is -2.29. The van der Waals surface area contributed by atoms with Gasteiger partial charge in [0.1, 0.15) is 0 Å². The SMILES string of the molecule is CC(C)C(c1ccc(C(F)(F)F)cc1[N+](=O)[O-])C(C)N. The van der Waals surface area contributed by atoms with Gasteiger partial charge in [0, 0.05) is 23.6 Å². The van der Waals surface area contributed by atoms with Gasteiger partial charge in [0.2, 0.25) is 0 Å². The van der Waals surface area contributed by atoms with E-state index >= 15 is 0 Å². The molecule has 1 rings (SSSR count). The molecule has 1 aromatic rings. The first kappa shape index (κ1) is 16.4. The zero-order valence-electron chi connectivity index (χ0n) is 11.4. The fourth-order valence-corrected chi connectivity index (χ4v) is 2.41. The third-order valence-corrected chi connectivity index (χ3v) is 3.20. The molecule has 0 aromatic heterocycles. The molecule has 0 fully saturated rings. The van der Waals surface area contributed by atoms with Gasteiger partial charge in [-0.05, 0) is 18.9 Å². The summed E-state index contributed by atoms with van der Waals surface area (Å²) in [5.41, 5.74) is 4.50. The number of nitro benzene ring substituents is 1. The minimum Gasteiger partial charge on any atom is -0.327 e. The third kappa shape index (κ3) is 3.47. The number of nitro groups is 1. The molecule has 0 aliphatic carbocycles. The Morgan fingerprint density at radius 2 is 1.80 bits per heavy atom. The van der Waals surface area contributed by atoms with E-state index in [9.17, 15) is 23.3 Å². The Kier molecular flexibility index (Phi) is 4.75. The van der Waals surface area contributed by atoms with Crippen LogP contribution in [0.5, 0.6) is 0 Å². The highest BCUT2D eigenvalue weighted by Gasteiger charge is 2.35. The summed E-state index contributed by atoms with van der Waals surface area (Å²) in [4.78, 5) is 10.3. The molecule has 0 amide bonds. The van der Waals surface area contributed by atoms with E-state index in [1.807, 2.05) is 13.8 Å². The highest BCUT2D eigenvalue weighted by molar-refractivity contribution is 5.47. The average molecular weight is 290 g/mol. The van der Waals surface area contributed by atoms with Crippen LogP contribution in [0.25, 0.3) is 0 Å². The first-order valence-corrected chi connectivity index (χ1v) is 6.16. The van der Waals surface area contributed by atoms with E-state index in [1.165, 1.54) is 0 Å². The van der Waals surface area contributed by atoms with Crippen LogP contribution in [0.3, 0.4) is 0 Å². The van der Waals surface area contributed by atoms with Crippen molar-refractivity contribution in [3.8, 4) is 0 Å². The Hall–Kier alpha value is -1.63. The van der Waals surface area contributed by atoms with E-state index in [2.05, 4.69) is 0 Å². The predicted molar refractivity (Wildman–Crippen MR) is 69.3 cm³/mol. The highest BCUT2D eigenvalue weighted by Crippen LogP contribution is 2.38.